The summed E-state index contributed by atoms with van der Waals surface area (Å²) in [5.74, 6) is 0.0451. The number of aryl methyl sites for hydroxylation is 2. The minimum absolute atomic E-state index is 0.0451. The van der Waals surface area contributed by atoms with Gasteiger partial charge in [0.05, 0.1) is 6.61 Å². The first-order valence-corrected chi connectivity index (χ1v) is 8.32. The molecule has 0 aromatic heterocycles. The Morgan fingerprint density at radius 1 is 1.27 bits per heavy atom. The SMILES string of the molecule is COCC1(CNC(=O)c2ccc3c(c2)CCC3)CCNCC1. The molecule has 0 saturated carbocycles. The number of amides is 1. The molecule has 1 aliphatic carbocycles. The number of nitrogens with one attached hydrogen (secondary N) is 2. The lowest BCUT2D eigenvalue weighted by molar-refractivity contribution is 0.0511. The number of hydrogen-bond donors (Lipinski definition) is 2. The molecule has 4 heteroatoms. The van der Waals surface area contributed by atoms with Crippen molar-refractivity contribution in [2.45, 2.75) is 32.1 Å². The molecular formula is C18H26N2O2. The third-order valence-corrected chi connectivity index (χ3v) is 5.10. The van der Waals surface area contributed by atoms with Crippen LogP contribution in [0.3, 0.4) is 0 Å². The predicted octanol–water partition coefficient (Wildman–Crippen LogP) is 1.92. The van der Waals surface area contributed by atoms with Crippen molar-refractivity contribution in [2.75, 3.05) is 33.4 Å². The number of benzene rings is 1. The van der Waals surface area contributed by atoms with Gasteiger partial charge in [0.1, 0.15) is 0 Å². The van der Waals surface area contributed by atoms with Crippen LogP contribution in [-0.2, 0) is 17.6 Å². The summed E-state index contributed by atoms with van der Waals surface area (Å²) in [5, 5.41) is 6.52. The van der Waals surface area contributed by atoms with Gasteiger partial charge >= 0.3 is 0 Å². The summed E-state index contributed by atoms with van der Waals surface area (Å²) in [7, 11) is 1.74. The van der Waals surface area contributed by atoms with Crippen LogP contribution in [0.25, 0.3) is 0 Å². The smallest absolute Gasteiger partial charge is 0.251 e. The van der Waals surface area contributed by atoms with E-state index in [1.807, 2.05) is 6.07 Å². The zero-order valence-electron chi connectivity index (χ0n) is 13.4. The zero-order valence-corrected chi connectivity index (χ0v) is 13.4. The fourth-order valence-electron chi connectivity index (χ4n) is 3.72. The molecule has 0 atom stereocenters. The van der Waals surface area contributed by atoms with Crippen LogP contribution in [0.2, 0.25) is 0 Å². The van der Waals surface area contributed by atoms with Crippen LogP contribution in [0.1, 0.15) is 40.7 Å². The highest BCUT2D eigenvalue weighted by molar-refractivity contribution is 5.94. The lowest BCUT2D eigenvalue weighted by Crippen LogP contribution is -2.47. The maximum absolute atomic E-state index is 12.5. The second-order valence-corrected chi connectivity index (χ2v) is 6.70. The minimum atomic E-state index is 0.0451. The number of ether oxygens (including phenoxy) is 1. The van der Waals surface area contributed by atoms with Crippen LogP contribution in [0.4, 0.5) is 0 Å². The molecule has 3 rings (SSSR count). The van der Waals surface area contributed by atoms with Crippen LogP contribution in [0.5, 0.6) is 0 Å². The Labute approximate surface area is 132 Å². The van der Waals surface area contributed by atoms with Crippen LogP contribution in [0, 0.1) is 5.41 Å². The van der Waals surface area contributed by atoms with E-state index in [9.17, 15) is 4.79 Å². The topological polar surface area (TPSA) is 50.4 Å². The number of methoxy groups -OCH3 is 1. The summed E-state index contributed by atoms with van der Waals surface area (Å²) in [6, 6.07) is 6.15. The lowest BCUT2D eigenvalue weighted by Gasteiger charge is -2.37. The maximum atomic E-state index is 12.5. The Bertz CT molecular complexity index is 530. The molecule has 2 N–H and O–H groups in total. The van der Waals surface area contributed by atoms with Gasteiger partial charge in [-0.15, -0.1) is 0 Å². The van der Waals surface area contributed by atoms with E-state index in [2.05, 4.69) is 22.8 Å². The third-order valence-electron chi connectivity index (χ3n) is 5.10. The van der Waals surface area contributed by atoms with Crippen molar-refractivity contribution in [3.05, 3.63) is 34.9 Å². The quantitative estimate of drug-likeness (QED) is 0.874. The van der Waals surface area contributed by atoms with Crippen LogP contribution < -0.4 is 10.6 Å². The number of carbonyl (C=O) groups is 1. The molecule has 2 aliphatic rings. The van der Waals surface area contributed by atoms with Crippen LogP contribution in [0.15, 0.2) is 18.2 Å². The van der Waals surface area contributed by atoms with Gasteiger partial charge < -0.3 is 15.4 Å². The first-order chi connectivity index (χ1) is 10.7. The van der Waals surface area contributed by atoms with E-state index in [0.29, 0.717) is 13.2 Å². The molecule has 1 heterocycles. The van der Waals surface area contributed by atoms with E-state index in [0.717, 1.165) is 44.3 Å². The fourth-order valence-corrected chi connectivity index (χ4v) is 3.72. The maximum Gasteiger partial charge on any atom is 0.251 e. The number of hydrogen-bond acceptors (Lipinski definition) is 3. The third kappa shape index (κ3) is 3.33. The van der Waals surface area contributed by atoms with Gasteiger partial charge in [0.15, 0.2) is 0 Å². The number of fused-ring (bicyclic) bond motifs is 1. The van der Waals surface area contributed by atoms with Crippen molar-refractivity contribution in [3.63, 3.8) is 0 Å². The molecule has 4 nitrogen and oxygen atoms in total. The molecule has 0 unspecified atom stereocenters. The summed E-state index contributed by atoms with van der Waals surface area (Å²) in [4.78, 5) is 12.5. The van der Waals surface area contributed by atoms with E-state index >= 15 is 0 Å². The van der Waals surface area contributed by atoms with Crippen molar-refractivity contribution in [1.29, 1.82) is 0 Å². The Kier molecular flexibility index (Phi) is 4.79. The van der Waals surface area contributed by atoms with E-state index in [4.69, 9.17) is 4.74 Å². The van der Waals surface area contributed by atoms with Gasteiger partial charge in [-0.25, -0.2) is 0 Å². The molecule has 22 heavy (non-hydrogen) atoms. The Morgan fingerprint density at radius 2 is 2.05 bits per heavy atom. The molecule has 120 valence electrons. The molecule has 1 aromatic carbocycles. The summed E-state index contributed by atoms with van der Waals surface area (Å²) in [5.41, 5.74) is 3.63. The Balaban J connectivity index is 1.63. The predicted molar refractivity (Wildman–Crippen MR) is 87.2 cm³/mol. The number of rotatable bonds is 5. The first kappa shape index (κ1) is 15.5. The normalized spacial score (nSPS) is 19.7. The monoisotopic (exact) mass is 302 g/mol. The fraction of sp³-hybridized carbons (Fsp3) is 0.611. The molecule has 0 radical (unpaired) electrons. The Hall–Kier alpha value is -1.39. The minimum Gasteiger partial charge on any atom is -0.384 e. The van der Waals surface area contributed by atoms with Crippen LogP contribution >= 0.6 is 0 Å². The van der Waals surface area contributed by atoms with Crippen molar-refractivity contribution < 1.29 is 9.53 Å². The number of piperidine rings is 1. The average Bonchev–Trinajstić information content (AvgIpc) is 3.01. The van der Waals surface area contributed by atoms with Gasteiger partial charge in [0, 0.05) is 24.6 Å². The van der Waals surface area contributed by atoms with Crippen molar-refractivity contribution >= 4 is 5.91 Å². The van der Waals surface area contributed by atoms with E-state index < -0.39 is 0 Å². The Morgan fingerprint density at radius 3 is 2.82 bits per heavy atom. The van der Waals surface area contributed by atoms with Gasteiger partial charge in [0.2, 0.25) is 0 Å². The van der Waals surface area contributed by atoms with Gasteiger partial charge in [-0.1, -0.05) is 6.07 Å². The lowest BCUT2D eigenvalue weighted by atomic mass is 9.79. The van der Waals surface area contributed by atoms with Gasteiger partial charge in [-0.2, -0.15) is 0 Å². The van der Waals surface area contributed by atoms with E-state index in [-0.39, 0.29) is 11.3 Å². The average molecular weight is 302 g/mol. The summed E-state index contributed by atoms with van der Waals surface area (Å²) in [6.07, 6.45) is 5.57. The molecule has 0 bridgehead atoms. The van der Waals surface area contributed by atoms with Crippen molar-refractivity contribution in [2.24, 2.45) is 5.41 Å². The first-order valence-electron chi connectivity index (χ1n) is 8.32. The van der Waals surface area contributed by atoms with Crippen molar-refractivity contribution in [1.82, 2.24) is 10.6 Å². The standard InChI is InChI=1S/C18H26N2O2/c1-22-13-18(7-9-19-10-8-18)12-20-17(21)16-6-5-14-3-2-4-15(14)11-16/h5-6,11,19H,2-4,7-10,12-13H2,1H3,(H,20,21). The molecule has 1 fully saturated rings. The van der Waals surface area contributed by atoms with Crippen LogP contribution in [-0.4, -0.2) is 39.3 Å². The highest BCUT2D eigenvalue weighted by Gasteiger charge is 2.32. The van der Waals surface area contributed by atoms with Gasteiger partial charge in [-0.3, -0.25) is 4.79 Å². The second kappa shape index (κ2) is 6.80. The summed E-state index contributed by atoms with van der Waals surface area (Å²) < 4.78 is 5.40. The van der Waals surface area contributed by atoms with Crippen molar-refractivity contribution in [3.8, 4) is 0 Å². The molecule has 0 spiro atoms. The second-order valence-electron chi connectivity index (χ2n) is 6.70. The highest BCUT2D eigenvalue weighted by atomic mass is 16.5. The summed E-state index contributed by atoms with van der Waals surface area (Å²) >= 11 is 0. The van der Waals surface area contributed by atoms with E-state index in [1.165, 1.54) is 17.5 Å². The summed E-state index contributed by atoms with van der Waals surface area (Å²) in [6.45, 7) is 3.40. The molecular weight excluding hydrogens is 276 g/mol. The number of carbonyl (C=O) groups excluding carboxylic acids is 1. The van der Waals surface area contributed by atoms with E-state index in [1.54, 1.807) is 7.11 Å². The molecule has 1 saturated heterocycles. The van der Waals surface area contributed by atoms with Gasteiger partial charge in [0.25, 0.3) is 5.91 Å². The molecule has 1 aromatic rings. The zero-order chi connectivity index (χ0) is 15.4. The molecule has 1 aliphatic heterocycles. The van der Waals surface area contributed by atoms with Gasteiger partial charge in [-0.05, 0) is 68.5 Å². The highest BCUT2D eigenvalue weighted by Crippen LogP contribution is 2.28. The largest absolute Gasteiger partial charge is 0.384 e. The molecule has 1 amide bonds.